The number of imidazole rings is 1. The normalized spacial score (nSPS) is 22.8. The Balaban J connectivity index is 1.17. The van der Waals surface area contributed by atoms with Gasteiger partial charge in [0.2, 0.25) is 0 Å². The van der Waals surface area contributed by atoms with E-state index >= 15 is 0 Å². The maximum absolute atomic E-state index is 12.7. The molecule has 1 saturated heterocycles. The third-order valence-corrected chi connectivity index (χ3v) is 8.49. The van der Waals surface area contributed by atoms with Crippen molar-refractivity contribution >= 4 is 37.2 Å². The van der Waals surface area contributed by atoms with Crippen LogP contribution in [0.1, 0.15) is 56.3 Å². The van der Waals surface area contributed by atoms with Crippen molar-refractivity contribution < 1.29 is 4.79 Å². The second-order valence-electron chi connectivity index (χ2n) is 9.48. The molecule has 0 N–H and O–H groups in total. The number of likely N-dealkylation sites (tertiary alicyclic amines) is 1. The van der Waals surface area contributed by atoms with Crippen molar-refractivity contribution in [2.75, 3.05) is 13.1 Å². The van der Waals surface area contributed by atoms with E-state index in [4.69, 9.17) is 0 Å². The topological polar surface area (TPSA) is 51.0 Å². The van der Waals surface area contributed by atoms with E-state index in [1.807, 2.05) is 24.8 Å². The fourth-order valence-electron chi connectivity index (χ4n) is 6.01. The number of nitrogens with zero attached hydrogens (tertiary/aromatic N) is 4. The molecule has 1 amide bonds. The fourth-order valence-corrected chi connectivity index (χ4v) is 6.82. The Morgan fingerprint density at radius 1 is 1.26 bits per heavy atom. The molecule has 4 heterocycles. The molecule has 0 bridgehead atoms. The molecule has 5 nitrogen and oxygen atoms in total. The quantitative estimate of drug-likeness (QED) is 0.486. The van der Waals surface area contributed by atoms with Crippen LogP contribution in [-0.2, 0) is 11.2 Å². The van der Waals surface area contributed by atoms with Crippen LogP contribution in [0.2, 0.25) is 0 Å². The van der Waals surface area contributed by atoms with Gasteiger partial charge >= 0.3 is 159 Å². The second-order valence-corrected chi connectivity index (χ2v) is 11.0. The first-order valence-corrected chi connectivity index (χ1v) is 14.0. The molecule has 1 saturated carbocycles. The van der Waals surface area contributed by atoms with Crippen molar-refractivity contribution in [3.05, 3.63) is 63.6 Å². The molecule has 2 aromatic heterocycles. The van der Waals surface area contributed by atoms with Gasteiger partial charge in [0.25, 0.3) is 0 Å². The standard InChI is InChI=1S/C25H29N4O.Tl/c1-3-21-18(2)22-16-27-17-29(22)24(21)20-13-25(14-20)8-11-28(12-9-25)23(30)7-6-19-5-4-10-26-15-19;/h1,3-5,10,15-17,20,24H,6-9,11-14H2,2H3;/t24-;/m0./s1. The monoisotopic (exact) mass is 606 g/mol. The molecule has 1 spiro atoms. The first-order chi connectivity index (χ1) is 15.1. The van der Waals surface area contributed by atoms with Gasteiger partial charge in [-0.2, -0.15) is 0 Å². The first-order valence-electron chi connectivity index (χ1n) is 11.4. The van der Waals surface area contributed by atoms with Crippen LogP contribution >= 0.6 is 0 Å². The number of amides is 1. The van der Waals surface area contributed by atoms with Gasteiger partial charge < -0.3 is 0 Å². The predicted octanol–water partition coefficient (Wildman–Crippen LogP) is 3.94. The first kappa shape index (κ1) is 21.1. The van der Waals surface area contributed by atoms with Gasteiger partial charge in [-0.3, -0.25) is 4.98 Å². The number of aromatic nitrogens is 3. The molecule has 0 radical (unpaired) electrons. The number of piperidine rings is 1. The van der Waals surface area contributed by atoms with E-state index in [2.05, 4.69) is 42.1 Å². The summed E-state index contributed by atoms with van der Waals surface area (Å²) in [6, 6.07) is 4.45. The number of hydrogen-bond donors (Lipinski definition) is 0. The number of pyridine rings is 1. The van der Waals surface area contributed by atoms with Crippen molar-refractivity contribution in [3.8, 4) is 0 Å². The SMILES string of the molecule is CC1=C(/C=[CH]\[Tl])[C@H](C2CC3(CCN(C(=O)CCc4cccnc4)CC3)C2)n2cncc21. The van der Waals surface area contributed by atoms with E-state index in [0.29, 0.717) is 29.7 Å². The molecule has 5 rings (SSSR count). The second kappa shape index (κ2) is 8.64. The zero-order chi connectivity index (χ0) is 21.4. The van der Waals surface area contributed by atoms with Gasteiger partial charge in [0.15, 0.2) is 0 Å². The van der Waals surface area contributed by atoms with Crippen LogP contribution in [-0.4, -0.2) is 64.2 Å². The summed E-state index contributed by atoms with van der Waals surface area (Å²) in [7, 11) is 0. The molecule has 1 atom stereocenters. The molecule has 158 valence electrons. The van der Waals surface area contributed by atoms with Crippen LogP contribution in [0.4, 0.5) is 0 Å². The van der Waals surface area contributed by atoms with Gasteiger partial charge in [-0.1, -0.05) is 6.07 Å². The third kappa shape index (κ3) is 3.94. The summed E-state index contributed by atoms with van der Waals surface area (Å²) in [4.78, 5) is 23.4. The zero-order valence-electron chi connectivity index (χ0n) is 18.2. The van der Waals surface area contributed by atoms with Crippen LogP contribution in [0.15, 0.2) is 52.3 Å². The summed E-state index contributed by atoms with van der Waals surface area (Å²) < 4.78 is 4.74. The van der Waals surface area contributed by atoms with Crippen molar-refractivity contribution in [2.24, 2.45) is 11.3 Å². The Morgan fingerprint density at radius 3 is 2.77 bits per heavy atom. The van der Waals surface area contributed by atoms with Crippen molar-refractivity contribution in [1.82, 2.24) is 19.4 Å². The third-order valence-electron chi connectivity index (χ3n) is 7.74. The molecule has 6 heteroatoms. The van der Waals surface area contributed by atoms with Gasteiger partial charge in [0, 0.05) is 12.4 Å². The van der Waals surface area contributed by atoms with Crippen LogP contribution in [0.3, 0.4) is 0 Å². The van der Waals surface area contributed by atoms with E-state index in [0.717, 1.165) is 63.7 Å². The van der Waals surface area contributed by atoms with Crippen LogP contribution in [0.5, 0.6) is 0 Å². The minimum atomic E-state index is 0.298. The molecule has 0 unspecified atom stereocenters. The van der Waals surface area contributed by atoms with E-state index in [9.17, 15) is 4.79 Å². The molecule has 2 aliphatic heterocycles. The molecule has 2 aromatic rings. The molecule has 1 aliphatic carbocycles. The molecular formula is C25H29N4OTl. The minimum absolute atomic E-state index is 0.298. The van der Waals surface area contributed by atoms with E-state index < -0.39 is 0 Å². The molecule has 0 aromatic carbocycles. The van der Waals surface area contributed by atoms with Crippen LogP contribution in [0.25, 0.3) is 5.57 Å². The number of aryl methyl sites for hydroxylation is 1. The summed E-state index contributed by atoms with van der Waals surface area (Å²) in [6.45, 7) is 4.09. The van der Waals surface area contributed by atoms with Crippen LogP contribution < -0.4 is 0 Å². The summed E-state index contributed by atoms with van der Waals surface area (Å²) >= 11 is 0.886. The Morgan fingerprint density at radius 2 is 2.06 bits per heavy atom. The number of fused-ring (bicyclic) bond motifs is 1. The van der Waals surface area contributed by atoms with Crippen molar-refractivity contribution in [3.63, 3.8) is 0 Å². The molecule has 2 fully saturated rings. The van der Waals surface area contributed by atoms with Gasteiger partial charge in [-0.15, -0.1) is 0 Å². The van der Waals surface area contributed by atoms with E-state index in [1.165, 1.54) is 29.7 Å². The molecule has 3 aliphatic rings. The van der Waals surface area contributed by atoms with Gasteiger partial charge in [-0.25, -0.2) is 0 Å². The summed E-state index contributed by atoms with van der Waals surface area (Å²) in [5, 5.41) is 0. The number of hydrogen-bond acceptors (Lipinski definition) is 3. The fraction of sp³-hybridized carbons (Fsp3) is 0.480. The number of allylic oxidation sites excluding steroid dienone is 3. The Labute approximate surface area is 200 Å². The zero-order valence-corrected chi connectivity index (χ0v) is 22.7. The average molecular weight is 606 g/mol. The van der Waals surface area contributed by atoms with Gasteiger partial charge in [0.05, 0.1) is 0 Å². The average Bonchev–Trinajstić information content (AvgIpc) is 3.34. The van der Waals surface area contributed by atoms with Gasteiger partial charge in [-0.05, 0) is 18.1 Å². The number of carbonyl (C=O) groups excluding carboxylic acids is 1. The van der Waals surface area contributed by atoms with Crippen LogP contribution in [0, 0.1) is 11.3 Å². The Bertz CT molecular complexity index is 1010. The van der Waals surface area contributed by atoms with Gasteiger partial charge in [0.1, 0.15) is 0 Å². The maximum atomic E-state index is 12.7. The molecular weight excluding hydrogens is 577 g/mol. The van der Waals surface area contributed by atoms with Crippen molar-refractivity contribution in [1.29, 1.82) is 0 Å². The predicted molar refractivity (Wildman–Crippen MR) is 122 cm³/mol. The van der Waals surface area contributed by atoms with E-state index in [-0.39, 0.29) is 0 Å². The Hall–Kier alpha value is -1.77. The summed E-state index contributed by atoms with van der Waals surface area (Å²) in [6.07, 6.45) is 16.3. The Kier molecular flexibility index (Phi) is 5.88. The number of carbonyl (C=O) groups is 1. The summed E-state index contributed by atoms with van der Waals surface area (Å²) in [5.74, 6) is 0.988. The molecule has 31 heavy (non-hydrogen) atoms. The summed E-state index contributed by atoms with van der Waals surface area (Å²) in [5.41, 5.74) is 5.78. The van der Waals surface area contributed by atoms with E-state index in [1.54, 1.807) is 6.20 Å². The van der Waals surface area contributed by atoms with Crippen molar-refractivity contribution in [2.45, 2.75) is 51.5 Å². The number of rotatable bonds is 5.